The Morgan fingerprint density at radius 1 is 1.27 bits per heavy atom. The zero-order valence-corrected chi connectivity index (χ0v) is 9.79. The molecule has 1 unspecified atom stereocenters. The standard InChI is InChI=1S/C14H21N/c1-14(11-15-2,13-8-9-13)10-12-6-4-3-5-7-12/h3-7,13,15H,8-11H2,1-2H3. The van der Waals surface area contributed by atoms with Crippen molar-refractivity contribution in [2.75, 3.05) is 13.6 Å². The van der Waals surface area contributed by atoms with Crippen molar-refractivity contribution in [2.45, 2.75) is 26.2 Å². The molecule has 1 atom stereocenters. The van der Waals surface area contributed by atoms with Crippen LogP contribution in [0.3, 0.4) is 0 Å². The van der Waals surface area contributed by atoms with Gasteiger partial charge in [0, 0.05) is 6.54 Å². The van der Waals surface area contributed by atoms with Gasteiger partial charge in [0.1, 0.15) is 0 Å². The van der Waals surface area contributed by atoms with Crippen LogP contribution in [0.4, 0.5) is 0 Å². The first-order valence-electron chi connectivity index (χ1n) is 5.93. The molecular weight excluding hydrogens is 182 g/mol. The molecule has 1 heteroatoms. The zero-order chi connectivity index (χ0) is 10.7. The summed E-state index contributed by atoms with van der Waals surface area (Å²) in [6, 6.07) is 10.9. The Kier molecular flexibility index (Phi) is 3.11. The van der Waals surface area contributed by atoms with Gasteiger partial charge < -0.3 is 5.32 Å². The Bertz CT molecular complexity index is 302. The molecule has 0 radical (unpaired) electrons. The molecule has 1 N–H and O–H groups in total. The number of benzene rings is 1. The van der Waals surface area contributed by atoms with E-state index < -0.39 is 0 Å². The maximum absolute atomic E-state index is 3.35. The lowest BCUT2D eigenvalue weighted by Crippen LogP contribution is -2.33. The first-order valence-corrected chi connectivity index (χ1v) is 5.93. The molecule has 0 bridgehead atoms. The van der Waals surface area contributed by atoms with Crippen LogP contribution >= 0.6 is 0 Å². The molecule has 0 aromatic heterocycles. The van der Waals surface area contributed by atoms with Gasteiger partial charge in [0.2, 0.25) is 0 Å². The van der Waals surface area contributed by atoms with Crippen molar-refractivity contribution in [3.63, 3.8) is 0 Å². The summed E-state index contributed by atoms with van der Waals surface area (Å²) in [7, 11) is 2.06. The van der Waals surface area contributed by atoms with E-state index in [9.17, 15) is 0 Å². The minimum absolute atomic E-state index is 0.454. The normalized spacial score (nSPS) is 19.9. The number of hydrogen-bond acceptors (Lipinski definition) is 1. The fourth-order valence-electron chi connectivity index (χ4n) is 2.60. The molecule has 0 amide bonds. The Labute approximate surface area is 92.9 Å². The Balaban J connectivity index is 2.06. The molecular formula is C14H21N. The van der Waals surface area contributed by atoms with E-state index in [1.165, 1.54) is 24.8 Å². The highest BCUT2D eigenvalue weighted by atomic mass is 14.8. The van der Waals surface area contributed by atoms with Crippen LogP contribution in [0.5, 0.6) is 0 Å². The lowest BCUT2D eigenvalue weighted by Gasteiger charge is -2.29. The van der Waals surface area contributed by atoms with Gasteiger partial charge in [0.25, 0.3) is 0 Å². The van der Waals surface area contributed by atoms with Crippen LogP contribution in [-0.2, 0) is 6.42 Å². The van der Waals surface area contributed by atoms with E-state index in [2.05, 4.69) is 49.6 Å². The third-order valence-electron chi connectivity index (χ3n) is 3.59. The van der Waals surface area contributed by atoms with Gasteiger partial charge >= 0.3 is 0 Å². The first-order chi connectivity index (χ1) is 7.24. The summed E-state index contributed by atoms with van der Waals surface area (Å²) in [5, 5.41) is 3.35. The number of hydrogen-bond donors (Lipinski definition) is 1. The van der Waals surface area contributed by atoms with Crippen LogP contribution in [0, 0.1) is 11.3 Å². The fraction of sp³-hybridized carbons (Fsp3) is 0.571. The molecule has 0 aliphatic heterocycles. The van der Waals surface area contributed by atoms with E-state index in [0.29, 0.717) is 5.41 Å². The van der Waals surface area contributed by atoms with E-state index in [1.807, 2.05) is 0 Å². The van der Waals surface area contributed by atoms with Gasteiger partial charge in [-0.05, 0) is 43.2 Å². The number of rotatable bonds is 5. The van der Waals surface area contributed by atoms with Crippen LogP contribution in [0.25, 0.3) is 0 Å². The summed E-state index contributed by atoms with van der Waals surface area (Å²) >= 11 is 0. The van der Waals surface area contributed by atoms with Gasteiger partial charge in [-0.2, -0.15) is 0 Å². The van der Waals surface area contributed by atoms with Gasteiger partial charge in [-0.15, -0.1) is 0 Å². The minimum Gasteiger partial charge on any atom is -0.319 e. The molecule has 15 heavy (non-hydrogen) atoms. The van der Waals surface area contributed by atoms with Crippen molar-refractivity contribution in [2.24, 2.45) is 11.3 Å². The van der Waals surface area contributed by atoms with Crippen molar-refractivity contribution in [1.29, 1.82) is 0 Å². The molecule has 2 rings (SSSR count). The second-order valence-corrected chi connectivity index (χ2v) is 5.12. The predicted octanol–water partition coefficient (Wildman–Crippen LogP) is 2.86. The summed E-state index contributed by atoms with van der Waals surface area (Å²) in [6.45, 7) is 3.56. The lowest BCUT2D eigenvalue weighted by atomic mass is 9.79. The number of nitrogens with one attached hydrogen (secondary N) is 1. The van der Waals surface area contributed by atoms with Gasteiger partial charge in [-0.1, -0.05) is 37.3 Å². The molecule has 1 nitrogen and oxygen atoms in total. The van der Waals surface area contributed by atoms with Gasteiger partial charge in [0.15, 0.2) is 0 Å². The summed E-state index contributed by atoms with van der Waals surface area (Å²) in [5.74, 6) is 0.935. The summed E-state index contributed by atoms with van der Waals surface area (Å²) < 4.78 is 0. The topological polar surface area (TPSA) is 12.0 Å². The monoisotopic (exact) mass is 203 g/mol. The quantitative estimate of drug-likeness (QED) is 0.776. The van der Waals surface area contributed by atoms with Crippen LogP contribution < -0.4 is 5.32 Å². The maximum atomic E-state index is 3.35. The van der Waals surface area contributed by atoms with Crippen LogP contribution in [-0.4, -0.2) is 13.6 Å². The van der Waals surface area contributed by atoms with Gasteiger partial charge in [-0.25, -0.2) is 0 Å². The maximum Gasteiger partial charge on any atom is 0.000800 e. The highest BCUT2D eigenvalue weighted by molar-refractivity contribution is 5.17. The lowest BCUT2D eigenvalue weighted by molar-refractivity contribution is 0.263. The van der Waals surface area contributed by atoms with Crippen molar-refractivity contribution in [1.82, 2.24) is 5.32 Å². The van der Waals surface area contributed by atoms with E-state index >= 15 is 0 Å². The molecule has 0 saturated heterocycles. The summed E-state index contributed by atoms with van der Waals surface area (Å²) in [6.07, 6.45) is 4.05. The Morgan fingerprint density at radius 3 is 2.47 bits per heavy atom. The Hall–Kier alpha value is -0.820. The molecule has 1 aliphatic carbocycles. The molecule has 1 aromatic rings. The molecule has 0 spiro atoms. The van der Waals surface area contributed by atoms with E-state index in [4.69, 9.17) is 0 Å². The molecule has 1 aliphatic rings. The van der Waals surface area contributed by atoms with Crippen LogP contribution in [0.15, 0.2) is 30.3 Å². The molecule has 0 heterocycles. The average molecular weight is 203 g/mol. The van der Waals surface area contributed by atoms with Gasteiger partial charge in [0.05, 0.1) is 0 Å². The SMILES string of the molecule is CNCC(C)(Cc1ccccc1)C1CC1. The van der Waals surface area contributed by atoms with Crippen LogP contribution in [0.2, 0.25) is 0 Å². The predicted molar refractivity (Wildman–Crippen MR) is 64.9 cm³/mol. The third kappa shape index (κ3) is 2.60. The van der Waals surface area contributed by atoms with Crippen LogP contribution in [0.1, 0.15) is 25.3 Å². The summed E-state index contributed by atoms with van der Waals surface area (Å²) in [4.78, 5) is 0. The minimum atomic E-state index is 0.454. The smallest absolute Gasteiger partial charge is 0.000800 e. The van der Waals surface area contributed by atoms with Crippen molar-refractivity contribution in [3.8, 4) is 0 Å². The third-order valence-corrected chi connectivity index (χ3v) is 3.59. The second-order valence-electron chi connectivity index (χ2n) is 5.12. The van der Waals surface area contributed by atoms with Crippen molar-refractivity contribution in [3.05, 3.63) is 35.9 Å². The molecule has 1 fully saturated rings. The highest BCUT2D eigenvalue weighted by Gasteiger charge is 2.40. The Morgan fingerprint density at radius 2 is 1.93 bits per heavy atom. The molecule has 82 valence electrons. The van der Waals surface area contributed by atoms with Crippen molar-refractivity contribution >= 4 is 0 Å². The largest absolute Gasteiger partial charge is 0.319 e. The average Bonchev–Trinajstić information content (AvgIpc) is 3.02. The van der Waals surface area contributed by atoms with E-state index in [0.717, 1.165) is 12.5 Å². The molecule has 1 saturated carbocycles. The van der Waals surface area contributed by atoms with E-state index in [-0.39, 0.29) is 0 Å². The molecule has 1 aromatic carbocycles. The highest BCUT2D eigenvalue weighted by Crippen LogP contribution is 2.46. The zero-order valence-electron chi connectivity index (χ0n) is 9.79. The first kappa shape index (κ1) is 10.7. The van der Waals surface area contributed by atoms with Crippen molar-refractivity contribution < 1.29 is 0 Å². The van der Waals surface area contributed by atoms with Gasteiger partial charge in [-0.3, -0.25) is 0 Å². The summed E-state index contributed by atoms with van der Waals surface area (Å²) in [5.41, 5.74) is 1.93. The fourth-order valence-corrected chi connectivity index (χ4v) is 2.60. The van der Waals surface area contributed by atoms with E-state index in [1.54, 1.807) is 0 Å². The second kappa shape index (κ2) is 4.36.